The van der Waals surface area contributed by atoms with Gasteiger partial charge in [0.25, 0.3) is 5.69 Å². The summed E-state index contributed by atoms with van der Waals surface area (Å²) in [4.78, 5) is 56.8. The second kappa shape index (κ2) is 11.2. The van der Waals surface area contributed by atoms with Crippen molar-refractivity contribution in [3.63, 3.8) is 0 Å². The maximum Gasteiger partial charge on any atom is 0.305 e. The highest BCUT2D eigenvalue weighted by Crippen LogP contribution is 2.31. The van der Waals surface area contributed by atoms with E-state index in [1.165, 1.54) is 24.3 Å². The third-order valence-corrected chi connectivity index (χ3v) is 4.25. The predicted octanol–water partition coefficient (Wildman–Crippen LogP) is 1.06. The molecule has 0 aliphatic carbocycles. The predicted molar refractivity (Wildman–Crippen MR) is 106 cm³/mol. The van der Waals surface area contributed by atoms with E-state index in [0.717, 1.165) is 27.7 Å². The minimum absolute atomic E-state index is 0.0922. The molecule has 13 heteroatoms. The molecule has 180 valence electrons. The van der Waals surface area contributed by atoms with Crippen molar-refractivity contribution < 1.29 is 52.5 Å². The Hall–Kier alpha value is -3.74. The molecule has 1 aromatic rings. The molecule has 0 aromatic heterocycles. The lowest BCUT2D eigenvalue weighted by Crippen LogP contribution is -2.63. The number of carbonyl (C=O) groups excluding carboxylic acids is 4. The van der Waals surface area contributed by atoms with Crippen molar-refractivity contribution in [1.82, 2.24) is 0 Å². The van der Waals surface area contributed by atoms with E-state index in [9.17, 15) is 29.3 Å². The minimum Gasteiger partial charge on any atom is -0.482 e. The first-order chi connectivity index (χ1) is 15.5. The standard InChI is InChI=1S/C20H23NO12/c1-10(22)28-9-16-17(29-11(2)23)18(32-15-7-5-14(6-8-15)21(26)27)19(30-12(3)24)20(33-16)31-13(4)25/h5-8,16-20H,9H2,1-4H3/t16-,17-,18+,19+,20+/m1/s1. The lowest BCUT2D eigenvalue weighted by molar-refractivity contribution is -0.384. The first-order valence-corrected chi connectivity index (χ1v) is 9.69. The van der Waals surface area contributed by atoms with Crippen molar-refractivity contribution >= 4 is 29.6 Å². The first-order valence-electron chi connectivity index (χ1n) is 9.69. The van der Waals surface area contributed by atoms with Gasteiger partial charge in [0.15, 0.2) is 12.2 Å². The van der Waals surface area contributed by atoms with Gasteiger partial charge in [0.1, 0.15) is 18.5 Å². The van der Waals surface area contributed by atoms with Crippen LogP contribution in [-0.2, 0) is 42.9 Å². The van der Waals surface area contributed by atoms with Crippen molar-refractivity contribution in [3.05, 3.63) is 34.4 Å². The monoisotopic (exact) mass is 469 g/mol. The number of hydrogen-bond acceptors (Lipinski definition) is 12. The van der Waals surface area contributed by atoms with Crippen LogP contribution in [0.4, 0.5) is 5.69 Å². The molecule has 0 saturated carbocycles. The second-order valence-corrected chi connectivity index (χ2v) is 6.94. The maximum atomic E-state index is 11.8. The van der Waals surface area contributed by atoms with Crippen LogP contribution in [0.5, 0.6) is 5.75 Å². The summed E-state index contributed by atoms with van der Waals surface area (Å²) in [6.07, 6.45) is -6.66. The Morgan fingerprint density at radius 1 is 0.848 bits per heavy atom. The quantitative estimate of drug-likeness (QED) is 0.230. The van der Waals surface area contributed by atoms with E-state index >= 15 is 0 Å². The van der Waals surface area contributed by atoms with Gasteiger partial charge in [-0.3, -0.25) is 29.3 Å². The van der Waals surface area contributed by atoms with E-state index in [0.29, 0.717) is 0 Å². The van der Waals surface area contributed by atoms with Crippen LogP contribution in [0.15, 0.2) is 24.3 Å². The molecule has 0 N–H and O–H groups in total. The summed E-state index contributed by atoms with van der Waals surface area (Å²) in [6, 6.07) is 4.92. The number of nitrogens with zero attached hydrogens (tertiary/aromatic N) is 1. The van der Waals surface area contributed by atoms with Gasteiger partial charge in [0, 0.05) is 39.8 Å². The highest BCUT2D eigenvalue weighted by Gasteiger charge is 2.53. The first kappa shape index (κ1) is 25.5. The number of nitro groups is 1. The lowest BCUT2D eigenvalue weighted by atomic mass is 9.98. The number of hydrogen-bond donors (Lipinski definition) is 0. The van der Waals surface area contributed by atoms with E-state index in [1.54, 1.807) is 0 Å². The zero-order valence-corrected chi connectivity index (χ0v) is 18.2. The molecule has 33 heavy (non-hydrogen) atoms. The van der Waals surface area contributed by atoms with Crippen molar-refractivity contribution in [2.24, 2.45) is 0 Å². The van der Waals surface area contributed by atoms with Crippen LogP contribution >= 0.6 is 0 Å². The average Bonchev–Trinajstić information content (AvgIpc) is 2.70. The molecular weight excluding hydrogens is 446 g/mol. The molecule has 5 atom stereocenters. The van der Waals surface area contributed by atoms with Crippen LogP contribution in [0.25, 0.3) is 0 Å². The summed E-state index contributed by atoms with van der Waals surface area (Å²) in [5.41, 5.74) is -0.201. The topological polar surface area (TPSA) is 167 Å². The van der Waals surface area contributed by atoms with Crippen LogP contribution in [0, 0.1) is 10.1 Å². The molecule has 0 spiro atoms. The zero-order chi connectivity index (χ0) is 24.7. The maximum absolute atomic E-state index is 11.8. The van der Waals surface area contributed by atoms with Crippen LogP contribution in [0.1, 0.15) is 27.7 Å². The highest BCUT2D eigenvalue weighted by atomic mass is 16.7. The van der Waals surface area contributed by atoms with E-state index in [1.807, 2.05) is 0 Å². The molecule has 0 amide bonds. The normalized spacial score (nSPS) is 24.2. The average molecular weight is 469 g/mol. The third kappa shape index (κ3) is 7.42. The Morgan fingerprint density at radius 2 is 1.39 bits per heavy atom. The smallest absolute Gasteiger partial charge is 0.305 e. The number of rotatable bonds is 8. The number of benzene rings is 1. The van der Waals surface area contributed by atoms with Gasteiger partial charge >= 0.3 is 23.9 Å². The van der Waals surface area contributed by atoms with Gasteiger partial charge in [-0.15, -0.1) is 0 Å². The molecule has 1 aliphatic rings. The van der Waals surface area contributed by atoms with Gasteiger partial charge in [-0.2, -0.15) is 0 Å². The summed E-state index contributed by atoms with van der Waals surface area (Å²) in [7, 11) is 0. The molecule has 1 fully saturated rings. The van der Waals surface area contributed by atoms with Gasteiger partial charge in [-0.05, 0) is 12.1 Å². The fourth-order valence-corrected chi connectivity index (χ4v) is 3.06. The molecule has 1 aliphatic heterocycles. The zero-order valence-electron chi connectivity index (χ0n) is 18.2. The molecule has 0 radical (unpaired) electrons. The van der Waals surface area contributed by atoms with E-state index in [2.05, 4.69) is 0 Å². The van der Waals surface area contributed by atoms with Crippen molar-refractivity contribution in [3.8, 4) is 5.75 Å². The molecule has 0 bridgehead atoms. The second-order valence-electron chi connectivity index (χ2n) is 6.94. The Kier molecular flexibility index (Phi) is 8.68. The van der Waals surface area contributed by atoms with Crippen molar-refractivity contribution in [1.29, 1.82) is 0 Å². The Bertz CT molecular complexity index is 899. The number of ether oxygens (including phenoxy) is 6. The van der Waals surface area contributed by atoms with E-state index in [-0.39, 0.29) is 11.4 Å². The summed E-state index contributed by atoms with van der Waals surface area (Å²) in [6.45, 7) is 4.06. The van der Waals surface area contributed by atoms with Crippen LogP contribution in [0.3, 0.4) is 0 Å². The molecule has 0 unspecified atom stereocenters. The largest absolute Gasteiger partial charge is 0.482 e. The van der Waals surface area contributed by atoms with Gasteiger partial charge in [-0.25, -0.2) is 0 Å². The molecule has 1 saturated heterocycles. The Labute approximate surface area is 188 Å². The molecule has 13 nitrogen and oxygen atoms in total. The van der Waals surface area contributed by atoms with Crippen LogP contribution in [0.2, 0.25) is 0 Å². The fraction of sp³-hybridized carbons (Fsp3) is 0.500. The van der Waals surface area contributed by atoms with Crippen LogP contribution < -0.4 is 4.74 Å². The summed E-state index contributed by atoms with van der Waals surface area (Å²) >= 11 is 0. The number of carbonyl (C=O) groups is 4. The summed E-state index contributed by atoms with van der Waals surface area (Å²) in [5.74, 6) is -2.86. The van der Waals surface area contributed by atoms with Gasteiger partial charge in [0.05, 0.1) is 4.92 Å². The molecule has 1 heterocycles. The summed E-state index contributed by atoms with van der Waals surface area (Å²) < 4.78 is 32.2. The van der Waals surface area contributed by atoms with Gasteiger partial charge in [0.2, 0.25) is 12.4 Å². The van der Waals surface area contributed by atoms with Crippen molar-refractivity contribution in [2.45, 2.75) is 58.4 Å². The Balaban J connectivity index is 2.48. The highest BCUT2D eigenvalue weighted by molar-refractivity contribution is 5.68. The van der Waals surface area contributed by atoms with Gasteiger partial charge in [-0.1, -0.05) is 0 Å². The van der Waals surface area contributed by atoms with Crippen molar-refractivity contribution in [2.75, 3.05) is 6.61 Å². The number of nitro benzene ring substituents is 1. The minimum atomic E-state index is -1.50. The molecule has 1 aromatic carbocycles. The third-order valence-electron chi connectivity index (χ3n) is 4.25. The molecule has 2 rings (SSSR count). The van der Waals surface area contributed by atoms with E-state index in [4.69, 9.17) is 28.4 Å². The molecular formula is C20H23NO12. The summed E-state index contributed by atoms with van der Waals surface area (Å²) in [5, 5.41) is 10.9. The fourth-order valence-electron chi connectivity index (χ4n) is 3.06. The Morgan fingerprint density at radius 3 is 1.88 bits per heavy atom. The van der Waals surface area contributed by atoms with E-state index < -0.39 is 66.1 Å². The van der Waals surface area contributed by atoms with Gasteiger partial charge < -0.3 is 28.4 Å². The SMILES string of the molecule is CC(=O)OC[C@H]1O[C@H](OC(C)=O)[C@@H](OC(C)=O)[C@@H](Oc2ccc([N+](=O)[O-])cc2)[C@@H]1OC(C)=O. The lowest BCUT2D eigenvalue weighted by Gasteiger charge is -2.44. The number of non-ortho nitro benzene ring substituents is 1. The van der Waals surface area contributed by atoms with Crippen LogP contribution in [-0.4, -0.2) is 66.1 Å². The number of esters is 4.